The molecule has 3 unspecified atom stereocenters. The van der Waals surface area contributed by atoms with Crippen molar-refractivity contribution in [3.8, 4) is 0 Å². The van der Waals surface area contributed by atoms with E-state index in [1.165, 1.54) is 6.26 Å². The second kappa shape index (κ2) is 13.2. The molecule has 0 spiro atoms. The van der Waals surface area contributed by atoms with E-state index in [0.717, 1.165) is 26.1 Å². The molecule has 0 heterocycles. The number of rotatable bonds is 15. The van der Waals surface area contributed by atoms with Gasteiger partial charge in [-0.05, 0) is 27.2 Å². The zero-order chi connectivity index (χ0) is 19.5. The molecule has 0 bridgehead atoms. The van der Waals surface area contributed by atoms with Gasteiger partial charge in [0.25, 0.3) is 0 Å². The summed E-state index contributed by atoms with van der Waals surface area (Å²) in [6, 6.07) is 0.519. The molecular formula is C16H40N4O4S. The van der Waals surface area contributed by atoms with Gasteiger partial charge in [-0.1, -0.05) is 6.92 Å². The van der Waals surface area contributed by atoms with Crippen LogP contribution in [-0.2, 0) is 9.47 Å². The van der Waals surface area contributed by atoms with Crippen molar-refractivity contribution in [1.82, 2.24) is 20.3 Å². The summed E-state index contributed by atoms with van der Waals surface area (Å²) in [6.45, 7) is 11.1. The molecule has 0 radical (unpaired) electrons. The molecule has 0 saturated carbocycles. The molecule has 154 valence electrons. The Morgan fingerprint density at radius 2 is 1.68 bits per heavy atom. The third-order valence-electron chi connectivity index (χ3n) is 3.81. The van der Waals surface area contributed by atoms with Gasteiger partial charge >= 0.3 is 0 Å². The summed E-state index contributed by atoms with van der Waals surface area (Å²) in [7, 11) is 0.710. The highest BCUT2D eigenvalue weighted by Gasteiger charge is 2.16. The molecule has 9 heteroatoms. The van der Waals surface area contributed by atoms with Gasteiger partial charge in [0.2, 0.25) is 6.41 Å². The van der Waals surface area contributed by atoms with Crippen molar-refractivity contribution >= 4 is 10.8 Å². The maximum Gasteiger partial charge on any atom is 0.216 e. The summed E-state index contributed by atoms with van der Waals surface area (Å²) in [5, 5.41) is 10.1. The minimum Gasteiger partial charge on any atom is -0.343 e. The lowest BCUT2D eigenvalue weighted by Gasteiger charge is -2.38. The molecule has 3 atom stereocenters. The molecule has 0 aliphatic carbocycles. The van der Waals surface area contributed by atoms with E-state index in [9.17, 15) is 9.11 Å². The average molecular weight is 385 g/mol. The fourth-order valence-corrected chi connectivity index (χ4v) is 2.70. The van der Waals surface area contributed by atoms with Crippen LogP contribution in [0.15, 0.2) is 0 Å². The molecule has 25 heavy (non-hydrogen) atoms. The van der Waals surface area contributed by atoms with Crippen LogP contribution in [0.3, 0.4) is 0 Å². The van der Waals surface area contributed by atoms with Crippen LogP contribution < -0.4 is 16.0 Å². The third kappa shape index (κ3) is 12.9. The molecule has 0 aromatic rings. The lowest BCUT2D eigenvalue weighted by molar-refractivity contribution is -0.163. The quantitative estimate of drug-likeness (QED) is 0.214. The van der Waals surface area contributed by atoms with Crippen molar-refractivity contribution < 1.29 is 18.6 Å². The molecule has 0 aliphatic rings. The van der Waals surface area contributed by atoms with Crippen LogP contribution in [0.2, 0.25) is 0 Å². The predicted octanol–water partition coefficient (Wildman–Crippen LogP) is 1.50. The van der Waals surface area contributed by atoms with Crippen molar-refractivity contribution in [2.45, 2.75) is 58.7 Å². The molecular weight excluding hydrogens is 344 g/mol. The zero-order valence-corrected chi connectivity index (χ0v) is 17.7. The Labute approximate surface area is 155 Å². The fraction of sp³-hybridized carbons (Fsp3) is 1.00. The second-order valence-electron chi connectivity index (χ2n) is 6.68. The maximum absolute atomic E-state index is 9.62. The first-order chi connectivity index (χ1) is 11.6. The number of ether oxygens (including phenoxy) is 2. The summed E-state index contributed by atoms with van der Waals surface area (Å²) >= 11 is 0. The zero-order valence-electron chi connectivity index (χ0n) is 16.9. The Morgan fingerprint density at radius 1 is 1.08 bits per heavy atom. The lowest BCUT2D eigenvalue weighted by atomic mass is 10.2. The van der Waals surface area contributed by atoms with Gasteiger partial charge in [-0.2, -0.15) is 0 Å². The number of hydrogen-bond donors (Lipinski definition) is 5. The van der Waals surface area contributed by atoms with Crippen molar-refractivity contribution in [1.29, 1.82) is 0 Å². The first kappa shape index (κ1) is 25.0. The van der Waals surface area contributed by atoms with E-state index < -0.39 is 10.8 Å². The Morgan fingerprint density at radius 3 is 2.16 bits per heavy atom. The van der Waals surface area contributed by atoms with Gasteiger partial charge < -0.3 is 20.1 Å². The van der Waals surface area contributed by atoms with Crippen LogP contribution in [0.1, 0.15) is 34.1 Å². The topological polar surface area (TPSA) is 98.3 Å². The van der Waals surface area contributed by atoms with Gasteiger partial charge in [0.05, 0.1) is 6.10 Å². The third-order valence-corrected chi connectivity index (χ3v) is 5.14. The molecule has 0 fully saturated rings. The summed E-state index contributed by atoms with van der Waals surface area (Å²) in [5.74, 6) is 0. The summed E-state index contributed by atoms with van der Waals surface area (Å²) in [4.78, 5) is 0. The molecule has 0 aliphatic heterocycles. The molecule has 0 rings (SSSR count). The Balaban J connectivity index is 3.99. The van der Waals surface area contributed by atoms with Gasteiger partial charge in [0.15, 0.2) is 0 Å². The van der Waals surface area contributed by atoms with Crippen LogP contribution in [0, 0.1) is 0 Å². The normalized spacial score (nSPS) is 17.1. The number of hydrogen-bond acceptors (Lipinski definition) is 8. The summed E-state index contributed by atoms with van der Waals surface area (Å²) in [5.41, 5.74) is 0. The first-order valence-electron chi connectivity index (χ1n) is 8.93. The molecule has 5 N–H and O–H groups in total. The first-order valence-corrected chi connectivity index (χ1v) is 10.8. The molecule has 0 aromatic carbocycles. The second-order valence-corrected chi connectivity index (χ2v) is 8.89. The van der Waals surface area contributed by atoms with Gasteiger partial charge in [-0.25, -0.2) is 4.31 Å². The largest absolute Gasteiger partial charge is 0.343 e. The lowest BCUT2D eigenvalue weighted by Crippen LogP contribution is -2.47. The van der Waals surface area contributed by atoms with E-state index >= 15 is 0 Å². The maximum atomic E-state index is 9.62. The minimum absolute atomic E-state index is 0.110. The Kier molecular flexibility index (Phi) is 13.3. The minimum atomic E-state index is -2.63. The standard InChI is InChI=1S/C16H40N4O4S/c1-8-15(11-19-14(4)12-20(5)25(7,21)22)17-9-10-18-16(23-6)24-13(2)3/h13-19,21-22H,8-12H2,1-7H3. The highest BCUT2D eigenvalue weighted by atomic mass is 32.3. The Hall–Kier alpha value is 0.0300. The van der Waals surface area contributed by atoms with Crippen molar-refractivity contribution in [2.24, 2.45) is 0 Å². The summed E-state index contributed by atoms with van der Waals surface area (Å²) < 4.78 is 31.6. The fourth-order valence-electron chi connectivity index (χ4n) is 2.20. The van der Waals surface area contributed by atoms with Gasteiger partial charge in [-0.3, -0.25) is 14.4 Å². The smallest absolute Gasteiger partial charge is 0.216 e. The van der Waals surface area contributed by atoms with Crippen LogP contribution >= 0.6 is 10.8 Å². The van der Waals surface area contributed by atoms with E-state index in [1.807, 2.05) is 20.8 Å². The van der Waals surface area contributed by atoms with Gasteiger partial charge in [0.1, 0.15) is 0 Å². The molecule has 0 aromatic heterocycles. The Bertz CT molecular complexity index is 332. The number of nitrogens with one attached hydrogen (secondary N) is 3. The van der Waals surface area contributed by atoms with Crippen molar-refractivity contribution in [2.75, 3.05) is 46.6 Å². The number of methoxy groups -OCH3 is 1. The summed E-state index contributed by atoms with van der Waals surface area (Å²) in [6.07, 6.45) is 2.18. The van der Waals surface area contributed by atoms with E-state index in [2.05, 4.69) is 22.9 Å². The van der Waals surface area contributed by atoms with Crippen molar-refractivity contribution in [3.63, 3.8) is 0 Å². The average Bonchev–Trinajstić information content (AvgIpc) is 2.51. The van der Waals surface area contributed by atoms with Crippen LogP contribution in [0.4, 0.5) is 0 Å². The molecule has 0 saturated heterocycles. The highest BCUT2D eigenvalue weighted by molar-refractivity contribution is 8.21. The number of nitrogens with zero attached hydrogens (tertiary/aromatic N) is 1. The van der Waals surface area contributed by atoms with Crippen LogP contribution in [0.25, 0.3) is 0 Å². The van der Waals surface area contributed by atoms with E-state index in [-0.39, 0.29) is 18.6 Å². The van der Waals surface area contributed by atoms with Crippen LogP contribution in [0.5, 0.6) is 0 Å². The molecule has 8 nitrogen and oxygen atoms in total. The predicted molar refractivity (Wildman–Crippen MR) is 106 cm³/mol. The van der Waals surface area contributed by atoms with E-state index in [4.69, 9.17) is 9.47 Å². The SMILES string of the molecule is CCC(CNC(C)CN(C)S(C)(O)O)NCCNC(OC)OC(C)C. The van der Waals surface area contributed by atoms with E-state index in [0.29, 0.717) is 12.6 Å². The van der Waals surface area contributed by atoms with Gasteiger partial charge in [0, 0.05) is 58.7 Å². The van der Waals surface area contributed by atoms with Gasteiger partial charge in [-0.15, -0.1) is 10.8 Å². The van der Waals surface area contributed by atoms with Crippen molar-refractivity contribution in [3.05, 3.63) is 0 Å². The van der Waals surface area contributed by atoms with Crippen LogP contribution in [-0.4, -0.2) is 84.6 Å². The number of likely N-dealkylation sites (N-methyl/N-ethyl adjacent to an activating group) is 1. The highest BCUT2D eigenvalue weighted by Crippen LogP contribution is 2.36. The van der Waals surface area contributed by atoms with E-state index in [1.54, 1.807) is 18.5 Å². The monoisotopic (exact) mass is 384 g/mol. The molecule has 0 amide bonds.